The van der Waals surface area contributed by atoms with E-state index in [1.54, 1.807) is 13.2 Å². The van der Waals surface area contributed by atoms with E-state index in [0.717, 1.165) is 12.1 Å². The number of carbonyl (C=O) groups is 1. The number of nitrogens with zero attached hydrogens (tertiary/aromatic N) is 3. The van der Waals surface area contributed by atoms with Crippen LogP contribution in [0, 0.1) is 11.6 Å². The van der Waals surface area contributed by atoms with E-state index in [4.69, 9.17) is 0 Å². The lowest BCUT2D eigenvalue weighted by molar-refractivity contribution is 0.0988. The monoisotopic (exact) mass is 237 g/mol. The number of carbonyl (C=O) groups excluding carboxylic acids is 1. The molecule has 0 saturated heterocycles. The molecule has 0 bridgehead atoms. The molecule has 4 nitrogen and oxygen atoms in total. The fourth-order valence-electron chi connectivity index (χ4n) is 1.45. The van der Waals surface area contributed by atoms with Crippen LogP contribution in [-0.2, 0) is 13.5 Å². The lowest BCUT2D eigenvalue weighted by Gasteiger charge is -2.00. The van der Waals surface area contributed by atoms with Gasteiger partial charge in [-0.2, -0.15) is 0 Å². The van der Waals surface area contributed by atoms with Crippen LogP contribution in [0.3, 0.4) is 0 Å². The predicted octanol–water partition coefficient (Wildman–Crippen LogP) is 1.52. The fourth-order valence-corrected chi connectivity index (χ4v) is 1.45. The Morgan fingerprint density at radius 1 is 1.41 bits per heavy atom. The number of halogens is 2. The van der Waals surface area contributed by atoms with Gasteiger partial charge >= 0.3 is 0 Å². The van der Waals surface area contributed by atoms with E-state index in [1.807, 2.05) is 0 Å². The summed E-state index contributed by atoms with van der Waals surface area (Å²) in [6.45, 7) is 0. The van der Waals surface area contributed by atoms with Gasteiger partial charge in [0.2, 0.25) is 0 Å². The second-order valence-corrected chi connectivity index (χ2v) is 3.61. The number of benzene rings is 1. The molecule has 0 N–H and O–H groups in total. The van der Waals surface area contributed by atoms with Gasteiger partial charge in [-0.05, 0) is 12.1 Å². The van der Waals surface area contributed by atoms with Gasteiger partial charge in [0.25, 0.3) is 0 Å². The summed E-state index contributed by atoms with van der Waals surface area (Å²) in [5.74, 6) is -2.03. The van der Waals surface area contributed by atoms with Gasteiger partial charge in [0.1, 0.15) is 11.6 Å². The molecule has 6 heteroatoms. The quantitative estimate of drug-likeness (QED) is 0.760. The highest BCUT2D eigenvalue weighted by atomic mass is 19.1. The van der Waals surface area contributed by atoms with Crippen molar-refractivity contribution in [3.63, 3.8) is 0 Å². The normalized spacial score (nSPS) is 10.5. The Morgan fingerprint density at radius 3 is 2.76 bits per heavy atom. The smallest absolute Gasteiger partial charge is 0.171 e. The number of Topliss-reactive ketones (excluding diaryl/α,β-unsaturated/α-hetero) is 1. The van der Waals surface area contributed by atoms with Gasteiger partial charge < -0.3 is 0 Å². The van der Waals surface area contributed by atoms with E-state index in [2.05, 4.69) is 10.3 Å². The average molecular weight is 237 g/mol. The first-order valence-electron chi connectivity index (χ1n) is 4.89. The van der Waals surface area contributed by atoms with Crippen molar-refractivity contribution in [3.05, 3.63) is 47.3 Å². The lowest BCUT2D eigenvalue weighted by Crippen LogP contribution is -2.06. The van der Waals surface area contributed by atoms with Gasteiger partial charge in [-0.3, -0.25) is 9.48 Å². The van der Waals surface area contributed by atoms with Crippen LogP contribution in [0.2, 0.25) is 0 Å². The summed E-state index contributed by atoms with van der Waals surface area (Å²) < 4.78 is 27.4. The molecule has 0 unspecified atom stereocenters. The highest BCUT2D eigenvalue weighted by molar-refractivity contribution is 5.97. The summed E-state index contributed by atoms with van der Waals surface area (Å²) in [5.41, 5.74) is 0.304. The molecule has 0 spiro atoms. The Morgan fingerprint density at radius 2 is 2.18 bits per heavy atom. The Bertz CT molecular complexity index is 566. The third-order valence-electron chi connectivity index (χ3n) is 2.22. The van der Waals surface area contributed by atoms with Gasteiger partial charge in [0, 0.05) is 19.3 Å². The molecule has 0 amide bonds. The summed E-state index contributed by atoms with van der Waals surface area (Å²) >= 11 is 0. The standard InChI is InChI=1S/C11H9F2N3O/c1-16-6-8(14-15-16)5-11(17)9-3-2-7(12)4-10(9)13/h2-4,6H,5H2,1H3. The number of rotatable bonds is 3. The van der Waals surface area contributed by atoms with E-state index < -0.39 is 17.4 Å². The van der Waals surface area contributed by atoms with Crippen molar-refractivity contribution in [1.29, 1.82) is 0 Å². The first-order valence-corrected chi connectivity index (χ1v) is 4.89. The van der Waals surface area contributed by atoms with Gasteiger partial charge in [0.05, 0.1) is 17.7 Å². The minimum Gasteiger partial charge on any atom is -0.294 e. The van der Waals surface area contributed by atoms with Crippen molar-refractivity contribution in [2.24, 2.45) is 7.05 Å². The van der Waals surface area contributed by atoms with E-state index in [-0.39, 0.29) is 12.0 Å². The molecule has 0 aliphatic heterocycles. The molecule has 0 atom stereocenters. The molecular weight excluding hydrogens is 228 g/mol. The average Bonchev–Trinajstić information content (AvgIpc) is 2.63. The topological polar surface area (TPSA) is 47.8 Å². The van der Waals surface area contributed by atoms with Crippen LogP contribution >= 0.6 is 0 Å². The van der Waals surface area contributed by atoms with Crippen LogP contribution < -0.4 is 0 Å². The Kier molecular flexibility index (Phi) is 2.95. The fraction of sp³-hybridized carbons (Fsp3) is 0.182. The summed E-state index contributed by atoms with van der Waals surface area (Å²) in [4.78, 5) is 11.7. The molecule has 0 aliphatic carbocycles. The first-order chi connectivity index (χ1) is 8.06. The maximum Gasteiger partial charge on any atom is 0.171 e. The number of hydrogen-bond donors (Lipinski definition) is 0. The third kappa shape index (κ3) is 2.52. The van der Waals surface area contributed by atoms with E-state index >= 15 is 0 Å². The summed E-state index contributed by atoms with van der Waals surface area (Å²) in [5, 5.41) is 7.38. The van der Waals surface area contributed by atoms with Gasteiger partial charge in [-0.1, -0.05) is 5.21 Å². The Hall–Kier alpha value is -2.11. The number of aromatic nitrogens is 3. The highest BCUT2D eigenvalue weighted by Gasteiger charge is 2.14. The van der Waals surface area contributed by atoms with Crippen LogP contribution in [-0.4, -0.2) is 20.8 Å². The zero-order valence-electron chi connectivity index (χ0n) is 9.02. The number of aryl methyl sites for hydroxylation is 1. The van der Waals surface area contributed by atoms with Crippen LogP contribution in [0.4, 0.5) is 8.78 Å². The van der Waals surface area contributed by atoms with Crippen LogP contribution in [0.1, 0.15) is 16.1 Å². The molecule has 88 valence electrons. The van der Waals surface area contributed by atoms with Crippen molar-refractivity contribution >= 4 is 5.78 Å². The SMILES string of the molecule is Cn1cc(CC(=O)c2ccc(F)cc2F)nn1. The molecule has 2 aromatic rings. The second-order valence-electron chi connectivity index (χ2n) is 3.61. The molecule has 17 heavy (non-hydrogen) atoms. The first kappa shape index (κ1) is 11.4. The molecule has 0 aliphatic rings. The predicted molar refractivity (Wildman–Crippen MR) is 55.4 cm³/mol. The lowest BCUT2D eigenvalue weighted by atomic mass is 10.1. The van der Waals surface area contributed by atoms with Crippen molar-refractivity contribution in [3.8, 4) is 0 Å². The molecule has 2 rings (SSSR count). The van der Waals surface area contributed by atoms with Crippen molar-refractivity contribution in [2.75, 3.05) is 0 Å². The van der Waals surface area contributed by atoms with Crippen LogP contribution in [0.5, 0.6) is 0 Å². The van der Waals surface area contributed by atoms with Gasteiger partial charge in [-0.25, -0.2) is 8.78 Å². The zero-order valence-corrected chi connectivity index (χ0v) is 9.02. The van der Waals surface area contributed by atoms with Gasteiger partial charge in [0.15, 0.2) is 5.78 Å². The highest BCUT2D eigenvalue weighted by Crippen LogP contribution is 2.12. The van der Waals surface area contributed by atoms with Crippen LogP contribution in [0.15, 0.2) is 24.4 Å². The molecule has 1 aromatic carbocycles. The molecule has 0 radical (unpaired) electrons. The minimum atomic E-state index is -0.862. The maximum absolute atomic E-state index is 13.3. The molecular formula is C11H9F2N3O. The van der Waals surface area contributed by atoms with Crippen LogP contribution in [0.25, 0.3) is 0 Å². The summed E-state index contributed by atoms with van der Waals surface area (Å²) in [6.07, 6.45) is 1.51. The second kappa shape index (κ2) is 4.40. The van der Waals surface area contributed by atoms with E-state index in [9.17, 15) is 13.6 Å². The van der Waals surface area contributed by atoms with E-state index in [1.165, 1.54) is 4.68 Å². The maximum atomic E-state index is 13.3. The van der Waals surface area contributed by atoms with Gasteiger partial charge in [-0.15, -0.1) is 5.10 Å². The largest absolute Gasteiger partial charge is 0.294 e. The zero-order chi connectivity index (χ0) is 12.4. The summed E-state index contributed by atoms with van der Waals surface area (Å²) in [6, 6.07) is 2.86. The van der Waals surface area contributed by atoms with Crippen molar-refractivity contribution in [1.82, 2.24) is 15.0 Å². The Labute approximate surface area is 95.9 Å². The minimum absolute atomic E-state index is 0.0591. The molecule has 1 heterocycles. The molecule has 0 saturated carbocycles. The van der Waals surface area contributed by atoms with Crippen molar-refractivity contribution < 1.29 is 13.6 Å². The summed E-state index contributed by atoms with van der Waals surface area (Å²) in [7, 11) is 1.67. The van der Waals surface area contributed by atoms with E-state index in [0.29, 0.717) is 11.8 Å². The third-order valence-corrected chi connectivity index (χ3v) is 2.22. The molecule has 1 aromatic heterocycles. The number of ketones is 1. The Balaban J connectivity index is 2.20. The number of hydrogen-bond acceptors (Lipinski definition) is 3. The van der Waals surface area contributed by atoms with Crippen molar-refractivity contribution in [2.45, 2.75) is 6.42 Å². The molecule has 0 fully saturated rings.